The Labute approximate surface area is 120 Å². The first-order valence-corrected chi connectivity index (χ1v) is 8.51. The van der Waals surface area contributed by atoms with Gasteiger partial charge in [0, 0.05) is 11.9 Å². The zero-order valence-corrected chi connectivity index (χ0v) is 12.7. The van der Waals surface area contributed by atoms with Gasteiger partial charge in [-0.05, 0) is 24.6 Å². The van der Waals surface area contributed by atoms with Crippen LogP contribution >= 0.6 is 0 Å². The van der Waals surface area contributed by atoms with Crippen LogP contribution in [0.5, 0.6) is 0 Å². The van der Waals surface area contributed by atoms with Crippen molar-refractivity contribution in [1.82, 2.24) is 0 Å². The van der Waals surface area contributed by atoms with Crippen molar-refractivity contribution in [2.45, 2.75) is 37.5 Å². The molecule has 20 heavy (non-hydrogen) atoms. The monoisotopic (exact) mass is 299 g/mol. The minimum absolute atomic E-state index is 0.0235. The maximum atomic E-state index is 11.8. The Balaban J connectivity index is 2.71. The Kier molecular flexibility index (Phi) is 6.01. The molecule has 0 amide bonds. The lowest BCUT2D eigenvalue weighted by molar-refractivity contribution is 0.0497. The largest absolute Gasteiger partial charge is 0.462 e. The standard InChI is InChI=1S/C14H21NO4S/c1-3-4-5-6-7-19-14(16)11-8-12(15)10-13(9-11)20(2,17)18/h8-10H,3-7,15H2,1-2H3. The molecular weight excluding hydrogens is 278 g/mol. The summed E-state index contributed by atoms with van der Waals surface area (Å²) in [6.45, 7) is 2.44. The van der Waals surface area contributed by atoms with Crippen LogP contribution in [-0.2, 0) is 14.6 Å². The molecule has 0 aromatic heterocycles. The fourth-order valence-corrected chi connectivity index (χ4v) is 2.42. The van der Waals surface area contributed by atoms with Gasteiger partial charge in [-0.25, -0.2) is 13.2 Å². The molecule has 0 fully saturated rings. The Morgan fingerprint density at radius 1 is 1.20 bits per heavy atom. The van der Waals surface area contributed by atoms with Crippen LogP contribution in [0.2, 0.25) is 0 Å². The highest BCUT2D eigenvalue weighted by molar-refractivity contribution is 7.90. The van der Waals surface area contributed by atoms with E-state index in [9.17, 15) is 13.2 Å². The number of nitrogens with two attached hydrogens (primary N) is 1. The van der Waals surface area contributed by atoms with E-state index in [0.29, 0.717) is 6.61 Å². The molecule has 112 valence electrons. The van der Waals surface area contributed by atoms with Gasteiger partial charge in [0.1, 0.15) is 0 Å². The number of sulfone groups is 1. The van der Waals surface area contributed by atoms with Crippen molar-refractivity contribution in [3.63, 3.8) is 0 Å². The average Bonchev–Trinajstić information content (AvgIpc) is 2.36. The van der Waals surface area contributed by atoms with Gasteiger partial charge in [0.25, 0.3) is 0 Å². The molecule has 0 saturated carbocycles. The van der Waals surface area contributed by atoms with Crippen molar-refractivity contribution >= 4 is 21.5 Å². The minimum Gasteiger partial charge on any atom is -0.462 e. The molecule has 2 N–H and O–H groups in total. The first-order valence-electron chi connectivity index (χ1n) is 6.62. The fourth-order valence-electron chi connectivity index (χ4n) is 1.73. The van der Waals surface area contributed by atoms with Gasteiger partial charge >= 0.3 is 5.97 Å². The van der Waals surface area contributed by atoms with E-state index in [2.05, 4.69) is 6.92 Å². The Hall–Kier alpha value is -1.56. The second kappa shape index (κ2) is 7.28. The molecule has 0 radical (unpaired) electrons. The number of ether oxygens (including phenoxy) is 1. The van der Waals surface area contributed by atoms with E-state index >= 15 is 0 Å². The van der Waals surface area contributed by atoms with Crippen molar-refractivity contribution in [2.75, 3.05) is 18.6 Å². The number of carbonyl (C=O) groups is 1. The van der Waals surface area contributed by atoms with Gasteiger partial charge in [-0.1, -0.05) is 26.2 Å². The molecule has 1 rings (SSSR count). The van der Waals surface area contributed by atoms with Gasteiger partial charge in [0.2, 0.25) is 0 Å². The van der Waals surface area contributed by atoms with E-state index in [1.807, 2.05) is 0 Å². The smallest absolute Gasteiger partial charge is 0.338 e. The molecule has 0 aliphatic rings. The van der Waals surface area contributed by atoms with Crippen LogP contribution in [0.25, 0.3) is 0 Å². The molecule has 0 heterocycles. The van der Waals surface area contributed by atoms with E-state index in [1.165, 1.54) is 18.2 Å². The molecule has 1 aromatic rings. The summed E-state index contributed by atoms with van der Waals surface area (Å²) < 4.78 is 28.1. The topological polar surface area (TPSA) is 86.5 Å². The zero-order chi connectivity index (χ0) is 15.2. The summed E-state index contributed by atoms with van der Waals surface area (Å²) in [6, 6.07) is 4.04. The number of nitrogen functional groups attached to an aromatic ring is 1. The lowest BCUT2D eigenvalue weighted by atomic mass is 10.2. The molecule has 0 saturated heterocycles. The highest BCUT2D eigenvalue weighted by Gasteiger charge is 2.14. The van der Waals surface area contributed by atoms with Crippen molar-refractivity contribution in [3.05, 3.63) is 23.8 Å². The van der Waals surface area contributed by atoms with Crippen molar-refractivity contribution in [1.29, 1.82) is 0 Å². The number of hydrogen-bond acceptors (Lipinski definition) is 5. The van der Waals surface area contributed by atoms with E-state index in [0.717, 1.165) is 31.9 Å². The number of esters is 1. The molecule has 5 nitrogen and oxygen atoms in total. The second-order valence-electron chi connectivity index (χ2n) is 4.76. The molecule has 0 atom stereocenters. The van der Waals surface area contributed by atoms with Gasteiger partial charge in [0.05, 0.1) is 17.1 Å². The third-order valence-corrected chi connectivity index (χ3v) is 3.92. The van der Waals surface area contributed by atoms with Crippen LogP contribution in [0, 0.1) is 0 Å². The van der Waals surface area contributed by atoms with E-state index in [-0.39, 0.29) is 16.1 Å². The van der Waals surface area contributed by atoms with Crippen LogP contribution in [0.4, 0.5) is 5.69 Å². The summed E-state index contributed by atoms with van der Waals surface area (Å²) in [5.74, 6) is -0.543. The maximum absolute atomic E-state index is 11.8. The van der Waals surface area contributed by atoms with Crippen LogP contribution in [0.1, 0.15) is 43.0 Å². The van der Waals surface area contributed by atoms with Crippen LogP contribution < -0.4 is 5.73 Å². The highest BCUT2D eigenvalue weighted by Crippen LogP contribution is 2.17. The maximum Gasteiger partial charge on any atom is 0.338 e. The molecule has 0 spiro atoms. The Morgan fingerprint density at radius 3 is 2.50 bits per heavy atom. The van der Waals surface area contributed by atoms with Crippen LogP contribution in [0.3, 0.4) is 0 Å². The van der Waals surface area contributed by atoms with E-state index in [1.54, 1.807) is 0 Å². The summed E-state index contributed by atoms with van der Waals surface area (Å²) in [7, 11) is -3.40. The van der Waals surface area contributed by atoms with Gasteiger partial charge in [-0.2, -0.15) is 0 Å². The quantitative estimate of drug-likeness (QED) is 0.474. The normalized spacial score (nSPS) is 11.3. The molecular formula is C14H21NO4S. The predicted octanol–water partition coefficient (Wildman–Crippen LogP) is 2.41. The first-order chi connectivity index (χ1) is 9.34. The molecule has 0 unspecified atom stereocenters. The SMILES string of the molecule is CCCCCCOC(=O)c1cc(N)cc(S(C)(=O)=O)c1. The van der Waals surface area contributed by atoms with Crippen LogP contribution in [0.15, 0.2) is 23.1 Å². The fraction of sp³-hybridized carbons (Fsp3) is 0.500. The molecule has 0 bridgehead atoms. The average molecular weight is 299 g/mol. The van der Waals surface area contributed by atoms with Crippen molar-refractivity contribution in [2.24, 2.45) is 0 Å². The third-order valence-electron chi connectivity index (χ3n) is 2.82. The Bertz CT molecular complexity index is 567. The summed E-state index contributed by atoms with van der Waals surface area (Å²) >= 11 is 0. The van der Waals surface area contributed by atoms with Gasteiger partial charge < -0.3 is 10.5 Å². The number of benzene rings is 1. The molecule has 0 aliphatic carbocycles. The lowest BCUT2D eigenvalue weighted by Gasteiger charge is -2.07. The third kappa shape index (κ3) is 5.21. The van der Waals surface area contributed by atoms with E-state index in [4.69, 9.17) is 10.5 Å². The number of hydrogen-bond donors (Lipinski definition) is 1. The molecule has 1 aromatic carbocycles. The summed E-state index contributed by atoms with van der Waals surface area (Å²) in [5.41, 5.74) is 6.01. The van der Waals surface area contributed by atoms with Crippen molar-refractivity contribution < 1.29 is 17.9 Å². The molecule has 6 heteroatoms. The zero-order valence-electron chi connectivity index (χ0n) is 11.9. The number of rotatable bonds is 7. The summed E-state index contributed by atoms with van der Waals surface area (Å²) in [5, 5.41) is 0. The Morgan fingerprint density at radius 2 is 1.90 bits per heavy atom. The predicted molar refractivity (Wildman–Crippen MR) is 78.4 cm³/mol. The summed E-state index contributed by atoms with van der Waals surface area (Å²) in [6.07, 6.45) is 5.10. The molecule has 0 aliphatic heterocycles. The lowest BCUT2D eigenvalue weighted by Crippen LogP contribution is -2.09. The van der Waals surface area contributed by atoms with Gasteiger partial charge in [-0.15, -0.1) is 0 Å². The number of carbonyl (C=O) groups excluding carboxylic acids is 1. The highest BCUT2D eigenvalue weighted by atomic mass is 32.2. The second-order valence-corrected chi connectivity index (χ2v) is 6.78. The minimum atomic E-state index is -3.40. The van der Waals surface area contributed by atoms with Gasteiger partial charge in [0.15, 0.2) is 9.84 Å². The number of unbranched alkanes of at least 4 members (excludes halogenated alkanes) is 3. The summed E-state index contributed by atoms with van der Waals surface area (Å²) in [4.78, 5) is 11.9. The number of anilines is 1. The van der Waals surface area contributed by atoms with Crippen molar-refractivity contribution in [3.8, 4) is 0 Å². The van der Waals surface area contributed by atoms with Crippen LogP contribution in [-0.4, -0.2) is 27.2 Å². The first kappa shape index (κ1) is 16.5. The van der Waals surface area contributed by atoms with Gasteiger partial charge in [-0.3, -0.25) is 0 Å². The van der Waals surface area contributed by atoms with E-state index < -0.39 is 15.8 Å².